The third kappa shape index (κ3) is 4.15. The second kappa shape index (κ2) is 7.93. The van der Waals surface area contributed by atoms with Crippen LogP contribution in [-0.4, -0.2) is 29.0 Å². The third-order valence-electron chi connectivity index (χ3n) is 4.16. The van der Waals surface area contributed by atoms with E-state index in [0.29, 0.717) is 25.2 Å². The number of carbonyl (C=O) groups excluding carboxylic acids is 1. The number of aromatic amines is 1. The summed E-state index contributed by atoms with van der Waals surface area (Å²) in [4.78, 5) is 31.5. The number of H-pyrrole nitrogens is 1. The first-order valence-electron chi connectivity index (χ1n) is 8.56. The standard InChI is InChI=1S/C20H22N4O2/c1-13-8-14(2)19-17(9-13)18(25)10-16(24-19)12-22-6-7-23-20(26)15-4-3-5-21-11-15/h3-5,8-11,22H,6-7,12H2,1-2H3,(H,23,26)(H,24,25). The highest BCUT2D eigenvalue weighted by Gasteiger charge is 2.06. The van der Waals surface area contributed by atoms with Crippen molar-refractivity contribution < 1.29 is 4.79 Å². The lowest BCUT2D eigenvalue weighted by Crippen LogP contribution is -2.32. The van der Waals surface area contributed by atoms with Gasteiger partial charge in [0.2, 0.25) is 0 Å². The van der Waals surface area contributed by atoms with Gasteiger partial charge in [-0.2, -0.15) is 0 Å². The molecule has 0 spiro atoms. The number of rotatable bonds is 6. The van der Waals surface area contributed by atoms with Crippen LogP contribution in [0.1, 0.15) is 27.2 Å². The van der Waals surface area contributed by atoms with Gasteiger partial charge in [-0.15, -0.1) is 0 Å². The van der Waals surface area contributed by atoms with Crippen molar-refractivity contribution in [2.75, 3.05) is 13.1 Å². The predicted octanol–water partition coefficient (Wildman–Crippen LogP) is 2.06. The predicted molar refractivity (Wildman–Crippen MR) is 102 cm³/mol. The van der Waals surface area contributed by atoms with E-state index < -0.39 is 0 Å². The van der Waals surface area contributed by atoms with Gasteiger partial charge in [-0.3, -0.25) is 14.6 Å². The van der Waals surface area contributed by atoms with E-state index in [1.165, 1.54) is 6.20 Å². The number of hydrogen-bond donors (Lipinski definition) is 3. The van der Waals surface area contributed by atoms with Crippen molar-refractivity contribution >= 4 is 16.8 Å². The lowest BCUT2D eigenvalue weighted by Gasteiger charge is -2.09. The minimum absolute atomic E-state index is 0.0206. The Kier molecular flexibility index (Phi) is 5.43. The summed E-state index contributed by atoms with van der Waals surface area (Å²) in [5.41, 5.74) is 4.40. The van der Waals surface area contributed by atoms with Crippen LogP contribution < -0.4 is 16.1 Å². The molecule has 0 saturated carbocycles. The highest BCUT2D eigenvalue weighted by Crippen LogP contribution is 2.16. The van der Waals surface area contributed by atoms with Crippen LogP contribution in [-0.2, 0) is 6.54 Å². The third-order valence-corrected chi connectivity index (χ3v) is 4.16. The van der Waals surface area contributed by atoms with Crippen LogP contribution in [0.3, 0.4) is 0 Å². The normalized spacial score (nSPS) is 10.8. The monoisotopic (exact) mass is 350 g/mol. The maximum atomic E-state index is 12.3. The molecule has 0 saturated heterocycles. The van der Waals surface area contributed by atoms with Gasteiger partial charge >= 0.3 is 0 Å². The number of pyridine rings is 2. The number of aryl methyl sites for hydroxylation is 2. The van der Waals surface area contributed by atoms with E-state index in [0.717, 1.165) is 27.7 Å². The van der Waals surface area contributed by atoms with Crippen LogP contribution in [0.25, 0.3) is 10.9 Å². The molecule has 2 aromatic heterocycles. The van der Waals surface area contributed by atoms with E-state index in [9.17, 15) is 9.59 Å². The van der Waals surface area contributed by atoms with E-state index in [2.05, 4.69) is 26.7 Å². The molecule has 6 heteroatoms. The summed E-state index contributed by atoms with van der Waals surface area (Å²) in [7, 11) is 0. The molecular weight excluding hydrogens is 328 g/mol. The number of benzene rings is 1. The van der Waals surface area contributed by atoms with E-state index in [4.69, 9.17) is 0 Å². The summed E-state index contributed by atoms with van der Waals surface area (Å²) >= 11 is 0. The van der Waals surface area contributed by atoms with Crippen LogP contribution in [0.4, 0.5) is 0 Å². The zero-order valence-electron chi connectivity index (χ0n) is 14.9. The largest absolute Gasteiger partial charge is 0.357 e. The SMILES string of the molecule is Cc1cc(C)c2[nH]c(CNCCNC(=O)c3cccnc3)cc(=O)c2c1. The van der Waals surface area contributed by atoms with Crippen LogP contribution >= 0.6 is 0 Å². The van der Waals surface area contributed by atoms with E-state index in [1.54, 1.807) is 24.4 Å². The lowest BCUT2D eigenvalue weighted by molar-refractivity contribution is 0.0953. The fraction of sp³-hybridized carbons (Fsp3) is 0.250. The fourth-order valence-electron chi connectivity index (χ4n) is 2.94. The molecule has 0 unspecified atom stereocenters. The maximum Gasteiger partial charge on any atom is 0.252 e. The van der Waals surface area contributed by atoms with Crippen molar-refractivity contribution in [1.29, 1.82) is 0 Å². The summed E-state index contributed by atoms with van der Waals surface area (Å²) in [6.45, 7) is 5.60. The Hall–Kier alpha value is -2.99. The van der Waals surface area contributed by atoms with Gasteiger partial charge in [0.25, 0.3) is 5.91 Å². The smallest absolute Gasteiger partial charge is 0.252 e. The fourth-order valence-corrected chi connectivity index (χ4v) is 2.94. The zero-order chi connectivity index (χ0) is 18.5. The summed E-state index contributed by atoms with van der Waals surface area (Å²) < 4.78 is 0. The van der Waals surface area contributed by atoms with Crippen molar-refractivity contribution in [3.05, 3.63) is 75.3 Å². The minimum atomic E-state index is -0.148. The molecule has 1 amide bonds. The molecule has 6 nitrogen and oxygen atoms in total. The Morgan fingerprint density at radius 2 is 2.04 bits per heavy atom. The second-order valence-electron chi connectivity index (χ2n) is 6.34. The molecule has 26 heavy (non-hydrogen) atoms. The van der Waals surface area contributed by atoms with Crippen LogP contribution in [0.2, 0.25) is 0 Å². The summed E-state index contributed by atoms with van der Waals surface area (Å²) in [5, 5.41) is 6.78. The van der Waals surface area contributed by atoms with Crippen LogP contribution in [0.5, 0.6) is 0 Å². The number of carbonyl (C=O) groups is 1. The minimum Gasteiger partial charge on any atom is -0.357 e. The first kappa shape index (κ1) is 17.8. The Morgan fingerprint density at radius 3 is 2.81 bits per heavy atom. The van der Waals surface area contributed by atoms with Gasteiger partial charge in [0.05, 0.1) is 11.1 Å². The molecule has 1 aromatic carbocycles. The van der Waals surface area contributed by atoms with Gasteiger partial charge in [0, 0.05) is 49.2 Å². The molecule has 3 aromatic rings. The van der Waals surface area contributed by atoms with Gasteiger partial charge in [0.1, 0.15) is 0 Å². The Morgan fingerprint density at radius 1 is 1.19 bits per heavy atom. The van der Waals surface area contributed by atoms with Crippen molar-refractivity contribution in [3.63, 3.8) is 0 Å². The summed E-state index contributed by atoms with van der Waals surface area (Å²) in [6.07, 6.45) is 3.17. The van der Waals surface area contributed by atoms with Crippen molar-refractivity contribution in [2.45, 2.75) is 20.4 Å². The first-order chi connectivity index (χ1) is 12.5. The number of aromatic nitrogens is 2. The molecule has 0 aliphatic heterocycles. The quantitative estimate of drug-likeness (QED) is 0.594. The van der Waals surface area contributed by atoms with Crippen LogP contribution in [0.15, 0.2) is 47.5 Å². The van der Waals surface area contributed by atoms with Crippen LogP contribution in [0, 0.1) is 13.8 Å². The van der Waals surface area contributed by atoms with E-state index >= 15 is 0 Å². The summed E-state index contributed by atoms with van der Waals surface area (Å²) in [6, 6.07) is 9.05. The molecule has 3 N–H and O–H groups in total. The van der Waals surface area contributed by atoms with Gasteiger partial charge in [-0.25, -0.2) is 0 Å². The molecule has 0 fully saturated rings. The van der Waals surface area contributed by atoms with Crippen molar-refractivity contribution in [3.8, 4) is 0 Å². The molecule has 0 bridgehead atoms. The first-order valence-corrected chi connectivity index (χ1v) is 8.56. The molecule has 3 rings (SSSR count). The van der Waals surface area contributed by atoms with Crippen molar-refractivity contribution in [2.24, 2.45) is 0 Å². The molecular formula is C20H22N4O2. The highest BCUT2D eigenvalue weighted by molar-refractivity contribution is 5.93. The Labute approximate surface area is 151 Å². The molecule has 0 aliphatic rings. The van der Waals surface area contributed by atoms with Gasteiger partial charge < -0.3 is 15.6 Å². The summed E-state index contributed by atoms with van der Waals surface area (Å²) in [5.74, 6) is -0.148. The Bertz CT molecular complexity index is 980. The molecule has 0 radical (unpaired) electrons. The average molecular weight is 350 g/mol. The van der Waals surface area contributed by atoms with E-state index in [-0.39, 0.29) is 11.3 Å². The van der Waals surface area contributed by atoms with Gasteiger partial charge in [0.15, 0.2) is 5.43 Å². The zero-order valence-corrected chi connectivity index (χ0v) is 14.9. The molecule has 0 atom stereocenters. The van der Waals surface area contributed by atoms with Gasteiger partial charge in [-0.05, 0) is 43.2 Å². The lowest BCUT2D eigenvalue weighted by atomic mass is 10.1. The van der Waals surface area contributed by atoms with Gasteiger partial charge in [-0.1, -0.05) is 6.07 Å². The van der Waals surface area contributed by atoms with Crippen molar-refractivity contribution in [1.82, 2.24) is 20.6 Å². The topological polar surface area (TPSA) is 86.9 Å². The number of nitrogens with zero attached hydrogens (tertiary/aromatic N) is 1. The second-order valence-corrected chi connectivity index (χ2v) is 6.34. The maximum absolute atomic E-state index is 12.3. The number of hydrogen-bond acceptors (Lipinski definition) is 4. The highest BCUT2D eigenvalue weighted by atomic mass is 16.1. The number of fused-ring (bicyclic) bond motifs is 1. The average Bonchev–Trinajstić information content (AvgIpc) is 2.63. The van der Waals surface area contributed by atoms with E-state index in [1.807, 2.05) is 19.9 Å². The number of amides is 1. The molecule has 134 valence electrons. The molecule has 0 aliphatic carbocycles. The number of nitrogens with one attached hydrogen (secondary N) is 3. The molecule has 2 heterocycles. The Balaban J connectivity index is 1.55.